The molecule has 1 amide bonds. The lowest BCUT2D eigenvalue weighted by Gasteiger charge is -2.36. The molecule has 1 saturated heterocycles. The lowest BCUT2D eigenvalue weighted by atomic mass is 9.93. The van der Waals surface area contributed by atoms with Gasteiger partial charge in [0.1, 0.15) is 5.69 Å². The number of carbonyl (C=O) groups excluding carboxylic acids is 1. The summed E-state index contributed by atoms with van der Waals surface area (Å²) in [6, 6.07) is 3.85. The number of nitrogens with two attached hydrogens (primary N) is 1. The van der Waals surface area contributed by atoms with Crippen LogP contribution in [0.1, 0.15) is 42.7 Å². The van der Waals surface area contributed by atoms with Gasteiger partial charge in [0.25, 0.3) is 5.91 Å². The van der Waals surface area contributed by atoms with E-state index in [-0.39, 0.29) is 11.9 Å². The molecule has 2 unspecified atom stereocenters. The molecule has 2 atom stereocenters. The maximum atomic E-state index is 12.4. The van der Waals surface area contributed by atoms with Gasteiger partial charge in [0.2, 0.25) is 0 Å². The third kappa shape index (κ3) is 3.37. The van der Waals surface area contributed by atoms with Crippen molar-refractivity contribution in [2.75, 3.05) is 13.1 Å². The lowest BCUT2D eigenvalue weighted by Crippen LogP contribution is -2.44. The van der Waals surface area contributed by atoms with Gasteiger partial charge in [-0.05, 0) is 37.8 Å². The summed E-state index contributed by atoms with van der Waals surface area (Å²) < 4.78 is 0. The van der Waals surface area contributed by atoms with Crippen LogP contribution < -0.4 is 5.73 Å². The average molecular weight is 271 g/mol. The van der Waals surface area contributed by atoms with Crippen LogP contribution in [0.5, 0.6) is 0 Å². The molecule has 0 bridgehead atoms. The normalized spacial score (nSPS) is 22.1. The zero-order chi connectivity index (χ0) is 14.5. The summed E-state index contributed by atoms with van der Waals surface area (Å²) in [5, 5.41) is 0. The van der Waals surface area contributed by atoms with E-state index in [0.29, 0.717) is 18.2 Å². The number of carbonyl (C=O) groups is 1. The third-order valence-corrected chi connectivity index (χ3v) is 3.72. The van der Waals surface area contributed by atoms with Crippen molar-refractivity contribution in [2.45, 2.75) is 32.7 Å². The standard InChI is InChI=1S/C16H21N3O/c1-12-7-9-19(13(2)10-12)16(20)15-6-5-14(11-18-15)4-3-8-17/h5-6,11-13H,7-10,17H2,1-2H3. The molecule has 0 radical (unpaired) electrons. The molecule has 4 heteroatoms. The Hall–Kier alpha value is -1.86. The van der Waals surface area contributed by atoms with E-state index in [2.05, 4.69) is 30.7 Å². The van der Waals surface area contributed by atoms with Crippen LogP contribution in [0.25, 0.3) is 0 Å². The fourth-order valence-electron chi connectivity index (χ4n) is 2.60. The summed E-state index contributed by atoms with van der Waals surface area (Å²) in [7, 11) is 0. The summed E-state index contributed by atoms with van der Waals surface area (Å²) in [4.78, 5) is 18.6. The van der Waals surface area contributed by atoms with Gasteiger partial charge in [-0.3, -0.25) is 4.79 Å². The van der Waals surface area contributed by atoms with E-state index in [1.165, 1.54) is 0 Å². The van der Waals surface area contributed by atoms with Crippen LogP contribution in [0.4, 0.5) is 0 Å². The van der Waals surface area contributed by atoms with Crippen LogP contribution in [0.15, 0.2) is 18.3 Å². The highest BCUT2D eigenvalue weighted by molar-refractivity contribution is 5.92. The minimum absolute atomic E-state index is 0.0164. The van der Waals surface area contributed by atoms with Crippen LogP contribution in [-0.4, -0.2) is 34.9 Å². The number of amides is 1. The molecule has 0 spiro atoms. The Morgan fingerprint density at radius 3 is 2.90 bits per heavy atom. The molecule has 2 N–H and O–H groups in total. The Morgan fingerprint density at radius 2 is 2.30 bits per heavy atom. The van der Waals surface area contributed by atoms with Crippen molar-refractivity contribution >= 4 is 5.91 Å². The quantitative estimate of drug-likeness (QED) is 0.790. The fourth-order valence-corrected chi connectivity index (χ4v) is 2.60. The number of nitrogens with zero attached hydrogens (tertiary/aromatic N) is 2. The molecule has 0 aliphatic carbocycles. The van der Waals surface area contributed by atoms with E-state index in [1.54, 1.807) is 12.3 Å². The number of hydrogen-bond donors (Lipinski definition) is 1. The third-order valence-electron chi connectivity index (χ3n) is 3.72. The van der Waals surface area contributed by atoms with Gasteiger partial charge in [-0.1, -0.05) is 18.8 Å². The van der Waals surface area contributed by atoms with Gasteiger partial charge >= 0.3 is 0 Å². The smallest absolute Gasteiger partial charge is 0.272 e. The summed E-state index contributed by atoms with van der Waals surface area (Å²) >= 11 is 0. The van der Waals surface area contributed by atoms with Gasteiger partial charge in [0.15, 0.2) is 0 Å². The van der Waals surface area contributed by atoms with Crippen molar-refractivity contribution in [3.63, 3.8) is 0 Å². The zero-order valence-corrected chi connectivity index (χ0v) is 12.1. The average Bonchev–Trinajstić information content (AvgIpc) is 2.45. The van der Waals surface area contributed by atoms with Crippen molar-refractivity contribution < 1.29 is 4.79 Å². The summed E-state index contributed by atoms with van der Waals surface area (Å²) in [5.74, 6) is 6.38. The molecule has 2 rings (SSSR count). The fraction of sp³-hybridized carbons (Fsp3) is 0.500. The Morgan fingerprint density at radius 1 is 1.50 bits per heavy atom. The predicted molar refractivity (Wildman–Crippen MR) is 79.1 cm³/mol. The molecule has 106 valence electrons. The highest BCUT2D eigenvalue weighted by Gasteiger charge is 2.27. The molecule has 1 aromatic heterocycles. The van der Waals surface area contributed by atoms with E-state index in [4.69, 9.17) is 5.73 Å². The molecule has 0 aromatic carbocycles. The van der Waals surface area contributed by atoms with Crippen molar-refractivity contribution in [1.29, 1.82) is 0 Å². The SMILES string of the molecule is CC1CCN(C(=O)c2ccc(C#CCN)cn2)C(C)C1. The molecular weight excluding hydrogens is 250 g/mol. The highest BCUT2D eigenvalue weighted by Crippen LogP contribution is 2.23. The molecule has 2 heterocycles. The molecule has 0 saturated carbocycles. The second-order valence-corrected chi connectivity index (χ2v) is 5.42. The van der Waals surface area contributed by atoms with Crippen molar-refractivity contribution in [3.8, 4) is 11.8 Å². The molecule has 4 nitrogen and oxygen atoms in total. The maximum absolute atomic E-state index is 12.4. The van der Waals surface area contributed by atoms with Crippen LogP contribution >= 0.6 is 0 Å². The van der Waals surface area contributed by atoms with Crippen LogP contribution in [0.2, 0.25) is 0 Å². The molecule has 1 fully saturated rings. The van der Waals surface area contributed by atoms with Gasteiger partial charge < -0.3 is 10.6 Å². The topological polar surface area (TPSA) is 59.2 Å². The number of aromatic nitrogens is 1. The number of hydrogen-bond acceptors (Lipinski definition) is 3. The van der Waals surface area contributed by atoms with Gasteiger partial charge in [-0.2, -0.15) is 0 Å². The van der Waals surface area contributed by atoms with Crippen LogP contribution in [-0.2, 0) is 0 Å². The van der Waals surface area contributed by atoms with Gasteiger partial charge in [0, 0.05) is 24.3 Å². The lowest BCUT2D eigenvalue weighted by molar-refractivity contribution is 0.0582. The second kappa shape index (κ2) is 6.53. The first-order valence-corrected chi connectivity index (χ1v) is 7.07. The van der Waals surface area contributed by atoms with E-state index in [0.717, 1.165) is 24.9 Å². The van der Waals surface area contributed by atoms with Crippen LogP contribution in [0.3, 0.4) is 0 Å². The first-order chi connectivity index (χ1) is 9.61. The number of piperidine rings is 1. The Bertz CT molecular complexity index is 527. The molecular formula is C16H21N3O. The number of pyridine rings is 1. The number of rotatable bonds is 1. The number of likely N-dealkylation sites (tertiary alicyclic amines) is 1. The minimum Gasteiger partial charge on any atom is -0.335 e. The summed E-state index contributed by atoms with van der Waals surface area (Å²) in [6.07, 6.45) is 3.76. The molecule has 1 aliphatic heterocycles. The van der Waals surface area contributed by atoms with Crippen molar-refractivity contribution in [2.24, 2.45) is 11.7 Å². The maximum Gasteiger partial charge on any atom is 0.272 e. The largest absolute Gasteiger partial charge is 0.335 e. The highest BCUT2D eigenvalue weighted by atomic mass is 16.2. The van der Waals surface area contributed by atoms with Gasteiger partial charge in [0.05, 0.1) is 6.54 Å². The van der Waals surface area contributed by atoms with E-state index in [9.17, 15) is 4.79 Å². The van der Waals surface area contributed by atoms with Gasteiger partial charge in [-0.15, -0.1) is 0 Å². The Balaban J connectivity index is 2.09. The Kier molecular flexibility index (Phi) is 4.75. The van der Waals surface area contributed by atoms with E-state index < -0.39 is 0 Å². The monoisotopic (exact) mass is 271 g/mol. The molecule has 1 aliphatic rings. The van der Waals surface area contributed by atoms with Crippen molar-refractivity contribution in [1.82, 2.24) is 9.88 Å². The van der Waals surface area contributed by atoms with Gasteiger partial charge in [-0.25, -0.2) is 4.98 Å². The Labute approximate surface area is 120 Å². The van der Waals surface area contributed by atoms with Crippen molar-refractivity contribution in [3.05, 3.63) is 29.6 Å². The zero-order valence-electron chi connectivity index (χ0n) is 12.1. The van der Waals surface area contributed by atoms with E-state index >= 15 is 0 Å². The first-order valence-electron chi connectivity index (χ1n) is 7.07. The predicted octanol–water partition coefficient (Wildman–Crippen LogP) is 1.65. The molecule has 1 aromatic rings. The van der Waals surface area contributed by atoms with Crippen LogP contribution in [0, 0.1) is 17.8 Å². The minimum atomic E-state index is 0.0164. The first kappa shape index (κ1) is 14.5. The summed E-state index contributed by atoms with van der Waals surface area (Å²) in [5.41, 5.74) is 6.60. The second-order valence-electron chi connectivity index (χ2n) is 5.42. The van der Waals surface area contributed by atoms with E-state index in [1.807, 2.05) is 11.0 Å². The summed E-state index contributed by atoms with van der Waals surface area (Å²) in [6.45, 7) is 5.48. The molecule has 20 heavy (non-hydrogen) atoms.